The van der Waals surface area contributed by atoms with E-state index in [0.717, 1.165) is 36.0 Å². The first-order valence-corrected chi connectivity index (χ1v) is 7.49. The van der Waals surface area contributed by atoms with Gasteiger partial charge < -0.3 is 10.0 Å². The number of benzene rings is 1. The number of carboxylic acids is 1. The Labute approximate surface area is 125 Å². The molecule has 21 heavy (non-hydrogen) atoms. The van der Waals surface area contributed by atoms with Gasteiger partial charge in [0.15, 0.2) is 0 Å². The molecule has 4 nitrogen and oxygen atoms in total. The number of carbonyl (C=O) groups excluding carboxylic acids is 1. The number of rotatable bonds is 6. The molecule has 0 spiro atoms. The summed E-state index contributed by atoms with van der Waals surface area (Å²) in [6.07, 6.45) is 2.39. The van der Waals surface area contributed by atoms with Crippen molar-refractivity contribution in [2.45, 2.75) is 45.4 Å². The molecule has 0 saturated heterocycles. The smallest absolute Gasteiger partial charge is 0.323 e. The molecule has 1 saturated carbocycles. The van der Waals surface area contributed by atoms with E-state index in [-0.39, 0.29) is 12.5 Å². The van der Waals surface area contributed by atoms with Crippen molar-refractivity contribution in [1.29, 1.82) is 0 Å². The highest BCUT2D eigenvalue weighted by Gasteiger charge is 2.53. The molecule has 1 aromatic rings. The molecule has 1 fully saturated rings. The van der Waals surface area contributed by atoms with Crippen LogP contribution in [0.1, 0.15) is 42.9 Å². The van der Waals surface area contributed by atoms with Crippen molar-refractivity contribution in [2.75, 3.05) is 13.1 Å². The predicted octanol–water partition coefficient (Wildman–Crippen LogP) is 2.66. The van der Waals surface area contributed by atoms with Crippen molar-refractivity contribution in [3.63, 3.8) is 0 Å². The monoisotopic (exact) mass is 289 g/mol. The molecule has 1 aliphatic carbocycles. The van der Waals surface area contributed by atoms with Crippen LogP contribution in [0, 0.1) is 13.8 Å². The van der Waals surface area contributed by atoms with Crippen molar-refractivity contribution in [2.24, 2.45) is 0 Å². The van der Waals surface area contributed by atoms with Crippen LogP contribution in [0.5, 0.6) is 0 Å². The van der Waals surface area contributed by atoms with Crippen LogP contribution < -0.4 is 0 Å². The summed E-state index contributed by atoms with van der Waals surface area (Å²) in [6, 6.07) is 6.21. The van der Waals surface area contributed by atoms with Gasteiger partial charge in [-0.15, -0.1) is 0 Å². The van der Waals surface area contributed by atoms with Crippen LogP contribution in [-0.4, -0.2) is 35.0 Å². The van der Waals surface area contributed by atoms with Crippen LogP contribution in [0.15, 0.2) is 18.2 Å². The van der Waals surface area contributed by atoms with Crippen molar-refractivity contribution in [3.05, 3.63) is 34.9 Å². The van der Waals surface area contributed by atoms with Crippen molar-refractivity contribution in [3.8, 4) is 0 Å². The predicted molar refractivity (Wildman–Crippen MR) is 81.3 cm³/mol. The Balaban J connectivity index is 2.29. The van der Waals surface area contributed by atoms with Crippen LogP contribution >= 0.6 is 0 Å². The van der Waals surface area contributed by atoms with E-state index in [1.165, 1.54) is 4.90 Å². The molecule has 1 amide bonds. The van der Waals surface area contributed by atoms with Gasteiger partial charge in [0.25, 0.3) is 0 Å². The van der Waals surface area contributed by atoms with E-state index in [9.17, 15) is 9.59 Å². The first-order valence-electron chi connectivity index (χ1n) is 7.49. The van der Waals surface area contributed by atoms with E-state index in [0.29, 0.717) is 6.54 Å². The molecule has 114 valence electrons. The second kappa shape index (κ2) is 5.88. The number of carboxylic acid groups (broad SMARTS) is 1. The molecule has 1 aliphatic rings. The van der Waals surface area contributed by atoms with Crippen LogP contribution in [0.3, 0.4) is 0 Å². The lowest BCUT2D eigenvalue weighted by Crippen LogP contribution is -2.42. The molecule has 2 rings (SSSR count). The highest BCUT2D eigenvalue weighted by molar-refractivity contribution is 5.93. The van der Waals surface area contributed by atoms with Crippen LogP contribution in [0.25, 0.3) is 0 Å². The van der Waals surface area contributed by atoms with E-state index < -0.39 is 11.4 Å². The first-order chi connectivity index (χ1) is 9.89. The fourth-order valence-electron chi connectivity index (χ4n) is 2.99. The molecule has 0 aliphatic heterocycles. The fourth-order valence-corrected chi connectivity index (χ4v) is 2.99. The van der Waals surface area contributed by atoms with Gasteiger partial charge in [-0.25, -0.2) is 0 Å². The lowest BCUT2D eigenvalue weighted by molar-refractivity contribution is -0.145. The average molecular weight is 289 g/mol. The van der Waals surface area contributed by atoms with Gasteiger partial charge in [-0.3, -0.25) is 9.59 Å². The summed E-state index contributed by atoms with van der Waals surface area (Å²) in [5.41, 5.74) is 2.84. The molecule has 4 heteroatoms. The topological polar surface area (TPSA) is 57.6 Å². The molecule has 0 bridgehead atoms. The largest absolute Gasteiger partial charge is 0.480 e. The maximum absolute atomic E-state index is 12.8. The van der Waals surface area contributed by atoms with Crippen molar-refractivity contribution < 1.29 is 14.7 Å². The Morgan fingerprint density at radius 3 is 2.19 bits per heavy atom. The maximum Gasteiger partial charge on any atom is 0.323 e. The van der Waals surface area contributed by atoms with Gasteiger partial charge in [-0.2, -0.15) is 0 Å². The molecular formula is C17H23NO3. The highest BCUT2D eigenvalue weighted by Crippen LogP contribution is 2.50. The molecule has 1 N–H and O–H groups in total. The zero-order valence-corrected chi connectivity index (χ0v) is 13.0. The lowest BCUT2D eigenvalue weighted by Gasteiger charge is -2.26. The summed E-state index contributed by atoms with van der Waals surface area (Å²) in [6.45, 7) is 6.30. The minimum absolute atomic E-state index is 0.0308. The lowest BCUT2D eigenvalue weighted by atomic mass is 9.91. The Morgan fingerprint density at radius 2 is 1.76 bits per heavy atom. The molecule has 0 atom stereocenters. The van der Waals surface area contributed by atoms with E-state index in [1.807, 2.05) is 20.8 Å². The summed E-state index contributed by atoms with van der Waals surface area (Å²) in [4.78, 5) is 25.3. The highest BCUT2D eigenvalue weighted by atomic mass is 16.4. The zero-order chi connectivity index (χ0) is 15.6. The summed E-state index contributed by atoms with van der Waals surface area (Å²) in [5, 5.41) is 9.01. The van der Waals surface area contributed by atoms with Gasteiger partial charge in [-0.05, 0) is 38.7 Å². The van der Waals surface area contributed by atoms with Gasteiger partial charge in [0, 0.05) is 6.54 Å². The molecular weight excluding hydrogens is 266 g/mol. The normalized spacial score (nSPS) is 15.6. The van der Waals surface area contributed by atoms with Gasteiger partial charge in [0.2, 0.25) is 5.91 Å². The van der Waals surface area contributed by atoms with Crippen LogP contribution in [0.2, 0.25) is 0 Å². The minimum Gasteiger partial charge on any atom is -0.480 e. The molecule has 0 unspecified atom stereocenters. The van der Waals surface area contributed by atoms with Crippen LogP contribution in [-0.2, 0) is 15.0 Å². The third kappa shape index (κ3) is 3.26. The van der Waals surface area contributed by atoms with E-state index in [2.05, 4.69) is 18.2 Å². The van der Waals surface area contributed by atoms with Gasteiger partial charge >= 0.3 is 5.97 Å². The number of carbonyl (C=O) groups is 2. The second-order valence-corrected chi connectivity index (χ2v) is 6.08. The Morgan fingerprint density at radius 1 is 1.19 bits per heavy atom. The molecule has 1 aromatic carbocycles. The molecule has 0 heterocycles. The van der Waals surface area contributed by atoms with Crippen molar-refractivity contribution >= 4 is 11.9 Å². The van der Waals surface area contributed by atoms with E-state index in [4.69, 9.17) is 5.11 Å². The number of amides is 1. The maximum atomic E-state index is 12.8. The summed E-state index contributed by atoms with van der Waals surface area (Å²) >= 11 is 0. The number of aliphatic carboxylic acids is 1. The minimum atomic E-state index is -0.951. The summed E-state index contributed by atoms with van der Waals surface area (Å²) in [7, 11) is 0. The quantitative estimate of drug-likeness (QED) is 0.876. The first kappa shape index (κ1) is 15.5. The Hall–Kier alpha value is -1.84. The summed E-state index contributed by atoms with van der Waals surface area (Å²) < 4.78 is 0. The number of hydrogen-bond acceptors (Lipinski definition) is 2. The fraction of sp³-hybridized carbons (Fsp3) is 0.529. The Kier molecular flexibility index (Phi) is 4.35. The van der Waals surface area contributed by atoms with E-state index >= 15 is 0 Å². The zero-order valence-electron chi connectivity index (χ0n) is 13.0. The number of aryl methyl sites for hydroxylation is 2. The van der Waals surface area contributed by atoms with E-state index in [1.54, 1.807) is 0 Å². The number of hydrogen-bond donors (Lipinski definition) is 1. The van der Waals surface area contributed by atoms with Crippen LogP contribution in [0.4, 0.5) is 0 Å². The van der Waals surface area contributed by atoms with Gasteiger partial charge in [-0.1, -0.05) is 36.2 Å². The standard InChI is InChI=1S/C17H23NO3/c1-4-7-18(11-15(19)20)16(21)17(5-6-17)14-9-12(2)8-13(3)10-14/h8-10H,4-7,11H2,1-3H3,(H,19,20). The second-order valence-electron chi connectivity index (χ2n) is 6.08. The summed E-state index contributed by atoms with van der Waals surface area (Å²) in [5.74, 6) is -0.982. The SMILES string of the molecule is CCCN(CC(=O)O)C(=O)C1(c2cc(C)cc(C)c2)CC1. The third-order valence-corrected chi connectivity index (χ3v) is 4.04. The molecule has 0 radical (unpaired) electrons. The number of nitrogens with zero attached hydrogens (tertiary/aromatic N) is 1. The Bertz CT molecular complexity index is 541. The average Bonchev–Trinajstić information content (AvgIpc) is 3.17. The van der Waals surface area contributed by atoms with Gasteiger partial charge in [0.1, 0.15) is 6.54 Å². The molecule has 0 aromatic heterocycles. The van der Waals surface area contributed by atoms with Gasteiger partial charge in [0.05, 0.1) is 5.41 Å². The van der Waals surface area contributed by atoms with Crippen molar-refractivity contribution in [1.82, 2.24) is 4.90 Å². The third-order valence-electron chi connectivity index (χ3n) is 4.04.